The van der Waals surface area contributed by atoms with Gasteiger partial charge in [0.2, 0.25) is 0 Å². The number of carbonyl (C=O) groups excluding carboxylic acids is 1. The quantitative estimate of drug-likeness (QED) is 0.841. The zero-order chi connectivity index (χ0) is 14.0. The second-order valence-corrected chi connectivity index (χ2v) is 5.14. The molecule has 1 N–H and O–H groups in total. The first-order valence-electron chi connectivity index (χ1n) is 5.81. The molecule has 0 saturated heterocycles. The van der Waals surface area contributed by atoms with E-state index in [9.17, 15) is 4.79 Å². The number of amides is 1. The topological polar surface area (TPSA) is 29.1 Å². The van der Waals surface area contributed by atoms with Crippen LogP contribution in [0.4, 0.5) is 5.69 Å². The zero-order valence-corrected chi connectivity index (χ0v) is 12.1. The van der Waals surface area contributed by atoms with Crippen molar-refractivity contribution in [3.05, 3.63) is 63.1 Å². The van der Waals surface area contributed by atoms with Crippen molar-refractivity contribution in [3.8, 4) is 0 Å². The molecule has 2 aromatic carbocycles. The predicted molar refractivity (Wildman–Crippen MR) is 80.3 cm³/mol. The number of nitrogens with one attached hydrogen (secondary N) is 1. The third kappa shape index (κ3) is 3.09. The molecular weight excluding hydrogens is 281 g/mol. The molecule has 0 atom stereocenters. The van der Waals surface area contributed by atoms with Gasteiger partial charge in [-0.25, -0.2) is 0 Å². The second kappa shape index (κ2) is 5.64. The van der Waals surface area contributed by atoms with Gasteiger partial charge in [-0.2, -0.15) is 0 Å². The summed E-state index contributed by atoms with van der Waals surface area (Å²) >= 11 is 12.0. The molecule has 19 heavy (non-hydrogen) atoms. The predicted octanol–water partition coefficient (Wildman–Crippen LogP) is 4.86. The van der Waals surface area contributed by atoms with Crippen LogP contribution in [0, 0.1) is 13.8 Å². The summed E-state index contributed by atoms with van der Waals surface area (Å²) in [4.78, 5) is 12.1. The standard InChI is InChI=1S/C15H13Cl2NO/c1-9-6-7-11(8-13(9)17)15(19)18-14-5-3-4-12(16)10(14)2/h3-8H,1-2H3,(H,18,19). The van der Waals surface area contributed by atoms with Crippen molar-refractivity contribution in [3.63, 3.8) is 0 Å². The minimum atomic E-state index is -0.202. The normalized spacial score (nSPS) is 10.3. The SMILES string of the molecule is Cc1ccc(C(=O)Nc2cccc(Cl)c2C)cc1Cl. The molecule has 0 aromatic heterocycles. The lowest BCUT2D eigenvalue weighted by Crippen LogP contribution is -2.12. The summed E-state index contributed by atoms with van der Waals surface area (Å²) in [5.74, 6) is -0.202. The molecule has 0 radical (unpaired) electrons. The van der Waals surface area contributed by atoms with E-state index in [-0.39, 0.29) is 5.91 Å². The first kappa shape index (κ1) is 13.9. The van der Waals surface area contributed by atoms with E-state index in [1.807, 2.05) is 26.0 Å². The Labute approximate surface area is 122 Å². The number of anilines is 1. The highest BCUT2D eigenvalue weighted by Crippen LogP contribution is 2.24. The zero-order valence-electron chi connectivity index (χ0n) is 10.6. The van der Waals surface area contributed by atoms with Crippen LogP contribution in [0.2, 0.25) is 10.0 Å². The minimum absolute atomic E-state index is 0.202. The first-order chi connectivity index (χ1) is 8.99. The first-order valence-corrected chi connectivity index (χ1v) is 6.57. The molecular formula is C15H13Cl2NO. The highest BCUT2D eigenvalue weighted by atomic mass is 35.5. The maximum atomic E-state index is 12.1. The monoisotopic (exact) mass is 293 g/mol. The summed E-state index contributed by atoms with van der Waals surface area (Å²) in [6, 6.07) is 10.6. The molecule has 2 aromatic rings. The van der Waals surface area contributed by atoms with Gasteiger partial charge in [-0.15, -0.1) is 0 Å². The van der Waals surface area contributed by atoms with E-state index in [4.69, 9.17) is 23.2 Å². The van der Waals surface area contributed by atoms with E-state index in [2.05, 4.69) is 5.32 Å². The van der Waals surface area contributed by atoms with Crippen LogP contribution in [0.5, 0.6) is 0 Å². The van der Waals surface area contributed by atoms with Crippen LogP contribution in [-0.4, -0.2) is 5.91 Å². The summed E-state index contributed by atoms with van der Waals surface area (Å²) in [5.41, 5.74) is 3.01. The summed E-state index contributed by atoms with van der Waals surface area (Å²) < 4.78 is 0. The molecule has 98 valence electrons. The lowest BCUT2D eigenvalue weighted by molar-refractivity contribution is 0.102. The Balaban J connectivity index is 2.26. The smallest absolute Gasteiger partial charge is 0.255 e. The Kier molecular flexibility index (Phi) is 4.13. The molecule has 0 aliphatic heterocycles. The average molecular weight is 294 g/mol. The maximum absolute atomic E-state index is 12.1. The van der Waals surface area contributed by atoms with Crippen LogP contribution in [0.3, 0.4) is 0 Å². The maximum Gasteiger partial charge on any atom is 0.255 e. The molecule has 0 fully saturated rings. The van der Waals surface area contributed by atoms with Gasteiger partial charge in [0.1, 0.15) is 0 Å². The van der Waals surface area contributed by atoms with Crippen LogP contribution in [-0.2, 0) is 0 Å². The Morgan fingerprint density at radius 2 is 1.79 bits per heavy atom. The fourth-order valence-electron chi connectivity index (χ4n) is 1.67. The van der Waals surface area contributed by atoms with Gasteiger partial charge in [0, 0.05) is 21.3 Å². The Bertz CT molecular complexity index is 638. The van der Waals surface area contributed by atoms with Crippen LogP contribution in [0.1, 0.15) is 21.5 Å². The van der Waals surface area contributed by atoms with E-state index in [1.54, 1.807) is 24.3 Å². The van der Waals surface area contributed by atoms with Crippen molar-refractivity contribution in [2.45, 2.75) is 13.8 Å². The number of aryl methyl sites for hydroxylation is 1. The summed E-state index contributed by atoms with van der Waals surface area (Å²) in [6.07, 6.45) is 0. The molecule has 0 saturated carbocycles. The number of carbonyl (C=O) groups is 1. The van der Waals surface area contributed by atoms with Crippen molar-refractivity contribution in [2.24, 2.45) is 0 Å². The van der Waals surface area contributed by atoms with Crippen LogP contribution in [0.15, 0.2) is 36.4 Å². The van der Waals surface area contributed by atoms with Gasteiger partial charge in [-0.3, -0.25) is 4.79 Å². The molecule has 2 nitrogen and oxygen atoms in total. The van der Waals surface area contributed by atoms with E-state index in [1.165, 1.54) is 0 Å². The molecule has 0 heterocycles. The number of hydrogen-bond acceptors (Lipinski definition) is 1. The lowest BCUT2D eigenvalue weighted by atomic mass is 10.1. The van der Waals surface area contributed by atoms with Gasteiger partial charge < -0.3 is 5.32 Å². The second-order valence-electron chi connectivity index (χ2n) is 4.33. The van der Waals surface area contributed by atoms with Crippen molar-refractivity contribution < 1.29 is 4.79 Å². The number of halogens is 2. The third-order valence-corrected chi connectivity index (χ3v) is 3.77. The molecule has 0 unspecified atom stereocenters. The van der Waals surface area contributed by atoms with Crippen molar-refractivity contribution in [2.75, 3.05) is 5.32 Å². The molecule has 0 spiro atoms. The molecule has 0 aliphatic rings. The minimum Gasteiger partial charge on any atom is -0.322 e. The molecule has 2 rings (SSSR count). The fourth-order valence-corrected chi connectivity index (χ4v) is 2.03. The summed E-state index contributed by atoms with van der Waals surface area (Å²) in [6.45, 7) is 3.76. The lowest BCUT2D eigenvalue weighted by Gasteiger charge is -2.10. The van der Waals surface area contributed by atoms with E-state index in [0.717, 1.165) is 11.1 Å². The number of rotatable bonds is 2. The van der Waals surface area contributed by atoms with Crippen molar-refractivity contribution in [1.29, 1.82) is 0 Å². The Morgan fingerprint density at radius 3 is 2.47 bits per heavy atom. The molecule has 0 bridgehead atoms. The van der Waals surface area contributed by atoms with Crippen molar-refractivity contribution >= 4 is 34.8 Å². The van der Waals surface area contributed by atoms with Crippen LogP contribution in [0.25, 0.3) is 0 Å². The highest BCUT2D eigenvalue weighted by molar-refractivity contribution is 6.32. The van der Waals surface area contributed by atoms with E-state index in [0.29, 0.717) is 21.3 Å². The van der Waals surface area contributed by atoms with E-state index >= 15 is 0 Å². The van der Waals surface area contributed by atoms with E-state index < -0.39 is 0 Å². The van der Waals surface area contributed by atoms with Crippen LogP contribution < -0.4 is 5.32 Å². The van der Waals surface area contributed by atoms with Crippen molar-refractivity contribution in [1.82, 2.24) is 0 Å². The summed E-state index contributed by atoms with van der Waals surface area (Å²) in [7, 11) is 0. The Morgan fingerprint density at radius 1 is 1.05 bits per heavy atom. The highest BCUT2D eigenvalue weighted by Gasteiger charge is 2.10. The Hall–Kier alpha value is -1.51. The molecule has 0 aliphatic carbocycles. The number of benzene rings is 2. The summed E-state index contributed by atoms with van der Waals surface area (Å²) in [5, 5.41) is 4.04. The van der Waals surface area contributed by atoms with Gasteiger partial charge in [0.25, 0.3) is 5.91 Å². The van der Waals surface area contributed by atoms with Gasteiger partial charge in [-0.1, -0.05) is 35.3 Å². The molecule has 4 heteroatoms. The van der Waals surface area contributed by atoms with Gasteiger partial charge >= 0.3 is 0 Å². The number of hydrogen-bond donors (Lipinski definition) is 1. The molecule has 1 amide bonds. The average Bonchev–Trinajstić information content (AvgIpc) is 2.38. The van der Waals surface area contributed by atoms with Gasteiger partial charge in [0.05, 0.1) is 0 Å². The fraction of sp³-hybridized carbons (Fsp3) is 0.133. The largest absolute Gasteiger partial charge is 0.322 e. The van der Waals surface area contributed by atoms with Gasteiger partial charge in [0.15, 0.2) is 0 Å². The van der Waals surface area contributed by atoms with Gasteiger partial charge in [-0.05, 0) is 49.2 Å². The van der Waals surface area contributed by atoms with Crippen LogP contribution >= 0.6 is 23.2 Å². The third-order valence-electron chi connectivity index (χ3n) is 2.95.